The Morgan fingerprint density at radius 2 is 1.68 bits per heavy atom. The van der Waals surface area contributed by atoms with E-state index in [9.17, 15) is 4.79 Å². The molecule has 0 saturated carbocycles. The van der Waals surface area contributed by atoms with Crippen molar-refractivity contribution in [3.05, 3.63) is 72.4 Å². The van der Waals surface area contributed by atoms with Gasteiger partial charge in [-0.3, -0.25) is 9.78 Å². The molecule has 3 rings (SSSR count). The molecule has 3 heteroatoms. The number of thioether (sulfide) groups is 1. The molecular formula is C19H17NOS. The quantitative estimate of drug-likeness (QED) is 0.502. The number of aromatic nitrogens is 1. The molecule has 1 heterocycles. The highest BCUT2D eigenvalue weighted by molar-refractivity contribution is 8.01. The van der Waals surface area contributed by atoms with Crippen LogP contribution in [0, 0.1) is 0 Å². The maximum Gasteiger partial charge on any atom is 0.178 e. The highest BCUT2D eigenvalue weighted by Gasteiger charge is 2.30. The third-order valence-electron chi connectivity index (χ3n) is 3.54. The molecule has 0 aliphatic carbocycles. The number of carbonyl (C=O) groups is 1. The predicted molar refractivity (Wildman–Crippen MR) is 92.5 cm³/mol. The van der Waals surface area contributed by atoms with Crippen molar-refractivity contribution in [2.24, 2.45) is 0 Å². The van der Waals surface area contributed by atoms with Crippen molar-refractivity contribution in [3.63, 3.8) is 0 Å². The Balaban J connectivity index is 1.95. The fourth-order valence-electron chi connectivity index (χ4n) is 2.42. The molecule has 0 spiro atoms. The molecule has 3 aromatic rings. The lowest BCUT2D eigenvalue weighted by Crippen LogP contribution is -2.27. The largest absolute Gasteiger partial charge is 0.293 e. The van der Waals surface area contributed by atoms with Gasteiger partial charge in [0.2, 0.25) is 0 Å². The standard InChI is InChI=1S/C19H17NOS/c1-19(2,18(21)15-8-4-3-5-9-15)22-16-12-6-10-14-11-7-13-20-17(14)16/h3-13H,1-2H3. The van der Waals surface area contributed by atoms with Crippen LogP contribution in [0.4, 0.5) is 0 Å². The lowest BCUT2D eigenvalue weighted by molar-refractivity contribution is 0.0958. The minimum atomic E-state index is -0.548. The fourth-order valence-corrected chi connectivity index (χ4v) is 3.59. The van der Waals surface area contributed by atoms with E-state index in [4.69, 9.17) is 0 Å². The van der Waals surface area contributed by atoms with Gasteiger partial charge in [0.15, 0.2) is 5.78 Å². The van der Waals surface area contributed by atoms with Gasteiger partial charge < -0.3 is 0 Å². The van der Waals surface area contributed by atoms with Crippen LogP contribution in [-0.2, 0) is 0 Å². The van der Waals surface area contributed by atoms with E-state index in [1.54, 1.807) is 18.0 Å². The summed E-state index contributed by atoms with van der Waals surface area (Å²) in [7, 11) is 0. The van der Waals surface area contributed by atoms with Crippen molar-refractivity contribution in [3.8, 4) is 0 Å². The van der Waals surface area contributed by atoms with Crippen molar-refractivity contribution >= 4 is 28.4 Å². The van der Waals surface area contributed by atoms with Gasteiger partial charge in [0.1, 0.15) is 0 Å². The van der Waals surface area contributed by atoms with Crippen molar-refractivity contribution in [1.29, 1.82) is 0 Å². The molecule has 0 saturated heterocycles. The molecule has 0 amide bonds. The average molecular weight is 307 g/mol. The number of carbonyl (C=O) groups excluding carboxylic acids is 1. The summed E-state index contributed by atoms with van der Waals surface area (Å²) in [4.78, 5) is 18.3. The van der Waals surface area contributed by atoms with E-state index in [1.165, 1.54) is 0 Å². The molecule has 110 valence electrons. The summed E-state index contributed by atoms with van der Waals surface area (Å²) >= 11 is 1.57. The van der Waals surface area contributed by atoms with Crippen LogP contribution in [0.1, 0.15) is 24.2 Å². The second kappa shape index (κ2) is 5.93. The normalized spacial score (nSPS) is 11.5. The second-order valence-electron chi connectivity index (χ2n) is 5.64. The Morgan fingerprint density at radius 1 is 0.955 bits per heavy atom. The minimum Gasteiger partial charge on any atom is -0.293 e. The smallest absolute Gasteiger partial charge is 0.178 e. The first kappa shape index (κ1) is 14.8. The SMILES string of the molecule is CC(C)(Sc1cccc2cccnc12)C(=O)c1ccccc1. The summed E-state index contributed by atoms with van der Waals surface area (Å²) in [6.07, 6.45) is 1.79. The van der Waals surface area contributed by atoms with Crippen molar-refractivity contribution in [2.45, 2.75) is 23.5 Å². The van der Waals surface area contributed by atoms with E-state index in [0.29, 0.717) is 0 Å². The summed E-state index contributed by atoms with van der Waals surface area (Å²) in [6, 6.07) is 19.5. The van der Waals surface area contributed by atoms with E-state index in [-0.39, 0.29) is 5.78 Å². The number of fused-ring (bicyclic) bond motifs is 1. The van der Waals surface area contributed by atoms with Gasteiger partial charge in [0.25, 0.3) is 0 Å². The van der Waals surface area contributed by atoms with E-state index < -0.39 is 4.75 Å². The van der Waals surface area contributed by atoms with Crippen LogP contribution in [0.3, 0.4) is 0 Å². The van der Waals surface area contributed by atoms with Crippen molar-refractivity contribution in [1.82, 2.24) is 4.98 Å². The molecule has 0 fully saturated rings. The monoisotopic (exact) mass is 307 g/mol. The number of benzene rings is 2. The topological polar surface area (TPSA) is 30.0 Å². The molecule has 22 heavy (non-hydrogen) atoms. The van der Waals surface area contributed by atoms with Crippen LogP contribution in [-0.4, -0.2) is 15.5 Å². The number of ketones is 1. The lowest BCUT2D eigenvalue weighted by Gasteiger charge is -2.23. The number of hydrogen-bond donors (Lipinski definition) is 0. The van der Waals surface area contributed by atoms with Gasteiger partial charge in [-0.05, 0) is 26.0 Å². The van der Waals surface area contributed by atoms with Gasteiger partial charge in [-0.15, -0.1) is 11.8 Å². The third-order valence-corrected chi connectivity index (χ3v) is 4.79. The fraction of sp³-hybridized carbons (Fsp3) is 0.158. The zero-order chi connectivity index (χ0) is 15.6. The molecule has 2 aromatic carbocycles. The molecular weight excluding hydrogens is 290 g/mol. The average Bonchev–Trinajstić information content (AvgIpc) is 2.55. The van der Waals surface area contributed by atoms with Crippen LogP contribution < -0.4 is 0 Å². The Labute approximate surface area is 134 Å². The molecule has 0 N–H and O–H groups in total. The predicted octanol–water partition coefficient (Wildman–Crippen LogP) is 4.99. The molecule has 1 aromatic heterocycles. The van der Waals surface area contributed by atoms with Crippen molar-refractivity contribution < 1.29 is 4.79 Å². The summed E-state index contributed by atoms with van der Waals surface area (Å²) in [6.45, 7) is 3.93. The van der Waals surface area contributed by atoms with Gasteiger partial charge in [-0.2, -0.15) is 0 Å². The van der Waals surface area contributed by atoms with E-state index >= 15 is 0 Å². The van der Waals surface area contributed by atoms with Gasteiger partial charge in [0, 0.05) is 22.0 Å². The molecule has 0 radical (unpaired) electrons. The first-order valence-corrected chi connectivity index (χ1v) is 8.02. The molecule has 0 aliphatic rings. The molecule has 2 nitrogen and oxygen atoms in total. The van der Waals surface area contributed by atoms with Crippen LogP contribution in [0.5, 0.6) is 0 Å². The summed E-state index contributed by atoms with van der Waals surface area (Å²) in [5.41, 5.74) is 1.69. The van der Waals surface area contributed by atoms with Crippen LogP contribution >= 0.6 is 11.8 Å². The van der Waals surface area contributed by atoms with Gasteiger partial charge in [-0.1, -0.05) is 48.5 Å². The van der Waals surface area contributed by atoms with Crippen molar-refractivity contribution in [2.75, 3.05) is 0 Å². The first-order chi connectivity index (χ1) is 10.6. The Morgan fingerprint density at radius 3 is 2.45 bits per heavy atom. The zero-order valence-electron chi connectivity index (χ0n) is 12.6. The second-order valence-corrected chi connectivity index (χ2v) is 7.30. The first-order valence-electron chi connectivity index (χ1n) is 7.20. The molecule has 0 atom stereocenters. The van der Waals surface area contributed by atoms with E-state index in [1.807, 2.05) is 74.5 Å². The molecule has 0 unspecified atom stereocenters. The number of nitrogens with zero attached hydrogens (tertiary/aromatic N) is 1. The minimum absolute atomic E-state index is 0.131. The van der Waals surface area contributed by atoms with Gasteiger partial charge in [0.05, 0.1) is 10.3 Å². The van der Waals surface area contributed by atoms with Crippen LogP contribution in [0.25, 0.3) is 10.9 Å². The summed E-state index contributed by atoms with van der Waals surface area (Å²) in [5.74, 6) is 0.131. The van der Waals surface area contributed by atoms with E-state index in [2.05, 4.69) is 4.98 Å². The van der Waals surface area contributed by atoms with Gasteiger partial charge >= 0.3 is 0 Å². The highest BCUT2D eigenvalue weighted by atomic mass is 32.2. The summed E-state index contributed by atoms with van der Waals surface area (Å²) in [5, 5.41) is 1.09. The highest BCUT2D eigenvalue weighted by Crippen LogP contribution is 2.38. The zero-order valence-corrected chi connectivity index (χ0v) is 13.4. The third kappa shape index (κ3) is 2.90. The Bertz CT molecular complexity index is 807. The number of para-hydroxylation sites is 1. The van der Waals surface area contributed by atoms with Crippen LogP contribution in [0.15, 0.2) is 71.8 Å². The number of hydrogen-bond acceptors (Lipinski definition) is 3. The number of Topliss-reactive ketones (excluding diaryl/α,β-unsaturated/α-hetero) is 1. The van der Waals surface area contributed by atoms with Gasteiger partial charge in [-0.25, -0.2) is 0 Å². The maximum absolute atomic E-state index is 12.8. The molecule has 0 aliphatic heterocycles. The number of pyridine rings is 1. The van der Waals surface area contributed by atoms with E-state index in [0.717, 1.165) is 21.4 Å². The Hall–Kier alpha value is -2.13. The Kier molecular flexibility index (Phi) is 3.99. The number of rotatable bonds is 4. The van der Waals surface area contributed by atoms with Crippen LogP contribution in [0.2, 0.25) is 0 Å². The summed E-state index contributed by atoms with van der Waals surface area (Å²) < 4.78 is -0.548. The lowest BCUT2D eigenvalue weighted by atomic mass is 10.0. The molecule has 0 bridgehead atoms. The maximum atomic E-state index is 12.8.